The molecule has 0 unspecified atom stereocenters. The fourth-order valence-corrected chi connectivity index (χ4v) is 2.18. The van der Waals surface area contributed by atoms with Gasteiger partial charge in [-0.1, -0.05) is 11.6 Å². The van der Waals surface area contributed by atoms with Crippen LogP contribution in [0.25, 0.3) is 11.1 Å². The minimum atomic E-state index is -1.24. The SMILES string of the molecule is Nc1ccc(C(=O)O)c(-c2c(C(=O)O)ccc(Cl)c2N)c1. The Labute approximate surface area is 124 Å². The van der Waals surface area contributed by atoms with Crippen molar-refractivity contribution in [1.82, 2.24) is 0 Å². The second-order valence-electron chi connectivity index (χ2n) is 4.30. The summed E-state index contributed by atoms with van der Waals surface area (Å²) in [5, 5.41) is 18.6. The number of carboxylic acids is 2. The van der Waals surface area contributed by atoms with Crippen molar-refractivity contribution in [2.24, 2.45) is 0 Å². The molecule has 0 aliphatic rings. The molecule has 0 fully saturated rings. The van der Waals surface area contributed by atoms with E-state index >= 15 is 0 Å². The monoisotopic (exact) mass is 306 g/mol. The van der Waals surface area contributed by atoms with Crippen LogP contribution in [-0.2, 0) is 0 Å². The first-order chi connectivity index (χ1) is 9.82. The van der Waals surface area contributed by atoms with E-state index in [1.807, 2.05) is 0 Å². The number of aromatic carboxylic acids is 2. The summed E-state index contributed by atoms with van der Waals surface area (Å²) in [6.45, 7) is 0. The maximum atomic E-state index is 11.3. The highest BCUT2D eigenvalue weighted by molar-refractivity contribution is 6.34. The molecule has 0 aromatic heterocycles. The van der Waals surface area contributed by atoms with Crippen molar-refractivity contribution in [3.63, 3.8) is 0 Å². The zero-order valence-electron chi connectivity index (χ0n) is 10.6. The summed E-state index contributed by atoms with van der Waals surface area (Å²) in [6.07, 6.45) is 0. The number of hydrogen-bond acceptors (Lipinski definition) is 4. The van der Waals surface area contributed by atoms with Crippen LogP contribution in [0, 0.1) is 0 Å². The average molecular weight is 307 g/mol. The van der Waals surface area contributed by atoms with Crippen molar-refractivity contribution in [2.45, 2.75) is 0 Å². The minimum absolute atomic E-state index is 0.00957. The Bertz CT molecular complexity index is 759. The summed E-state index contributed by atoms with van der Waals surface area (Å²) in [7, 11) is 0. The Kier molecular flexibility index (Phi) is 3.73. The van der Waals surface area contributed by atoms with Crippen LogP contribution in [0.3, 0.4) is 0 Å². The molecule has 6 nitrogen and oxygen atoms in total. The standard InChI is InChI=1S/C14H11ClN2O4/c15-10-4-3-8(14(20)21)11(12(10)17)9-5-6(16)1-2-7(9)13(18)19/h1-5H,16-17H2,(H,18,19)(H,20,21). The van der Waals surface area contributed by atoms with E-state index in [1.54, 1.807) is 0 Å². The van der Waals surface area contributed by atoms with Gasteiger partial charge in [-0.2, -0.15) is 0 Å². The fourth-order valence-electron chi connectivity index (χ4n) is 2.02. The van der Waals surface area contributed by atoms with Crippen LogP contribution in [-0.4, -0.2) is 22.2 Å². The summed E-state index contributed by atoms with van der Waals surface area (Å²) >= 11 is 5.92. The normalized spacial score (nSPS) is 10.3. The smallest absolute Gasteiger partial charge is 0.336 e. The lowest BCUT2D eigenvalue weighted by atomic mass is 9.93. The van der Waals surface area contributed by atoms with Crippen molar-refractivity contribution in [3.05, 3.63) is 46.5 Å². The molecular formula is C14H11ClN2O4. The molecule has 0 bridgehead atoms. The Balaban J connectivity index is 2.90. The number of benzene rings is 2. The Morgan fingerprint density at radius 1 is 0.952 bits per heavy atom. The van der Waals surface area contributed by atoms with Gasteiger partial charge in [0.25, 0.3) is 0 Å². The number of carbonyl (C=O) groups is 2. The molecule has 108 valence electrons. The lowest BCUT2D eigenvalue weighted by Crippen LogP contribution is -2.07. The van der Waals surface area contributed by atoms with Crippen LogP contribution < -0.4 is 11.5 Å². The van der Waals surface area contributed by atoms with E-state index in [1.165, 1.54) is 30.3 Å². The van der Waals surface area contributed by atoms with E-state index in [9.17, 15) is 19.8 Å². The molecule has 0 aliphatic carbocycles. The fraction of sp³-hybridized carbons (Fsp3) is 0. The molecule has 0 heterocycles. The molecule has 0 aliphatic heterocycles. The maximum absolute atomic E-state index is 11.3. The van der Waals surface area contributed by atoms with Crippen molar-refractivity contribution in [1.29, 1.82) is 0 Å². The molecule has 2 rings (SSSR count). The molecule has 0 amide bonds. The molecule has 0 radical (unpaired) electrons. The zero-order chi connectivity index (χ0) is 15.7. The van der Waals surface area contributed by atoms with Gasteiger partial charge in [-0.15, -0.1) is 0 Å². The molecule has 21 heavy (non-hydrogen) atoms. The highest BCUT2D eigenvalue weighted by Gasteiger charge is 2.21. The highest BCUT2D eigenvalue weighted by atomic mass is 35.5. The van der Waals surface area contributed by atoms with Crippen LogP contribution in [0.4, 0.5) is 11.4 Å². The molecule has 2 aromatic carbocycles. The molecule has 0 spiro atoms. The summed E-state index contributed by atoms with van der Waals surface area (Å²) in [5.74, 6) is -2.46. The predicted octanol–water partition coefficient (Wildman–Crippen LogP) is 2.57. The lowest BCUT2D eigenvalue weighted by molar-refractivity contribution is 0.0684. The van der Waals surface area contributed by atoms with Gasteiger partial charge in [0.2, 0.25) is 0 Å². The number of nitrogens with two attached hydrogens (primary N) is 2. The highest BCUT2D eigenvalue weighted by Crippen LogP contribution is 2.37. The molecule has 6 N–H and O–H groups in total. The summed E-state index contributed by atoms with van der Waals surface area (Å²) < 4.78 is 0. The van der Waals surface area contributed by atoms with E-state index in [2.05, 4.69) is 0 Å². The van der Waals surface area contributed by atoms with Crippen molar-refractivity contribution >= 4 is 34.9 Å². The Hall–Kier alpha value is -2.73. The van der Waals surface area contributed by atoms with E-state index in [0.717, 1.165) is 0 Å². The Morgan fingerprint density at radius 3 is 2.10 bits per heavy atom. The first-order valence-corrected chi connectivity index (χ1v) is 6.15. The van der Waals surface area contributed by atoms with E-state index in [0.29, 0.717) is 0 Å². The zero-order valence-corrected chi connectivity index (χ0v) is 11.4. The average Bonchev–Trinajstić information content (AvgIpc) is 2.40. The molecule has 7 heteroatoms. The molecule has 0 atom stereocenters. The molecule has 2 aromatic rings. The van der Waals surface area contributed by atoms with Gasteiger partial charge in [-0.05, 0) is 30.3 Å². The molecule has 0 saturated carbocycles. The number of nitrogen functional groups attached to an aromatic ring is 2. The third kappa shape index (κ3) is 2.61. The molecule has 0 saturated heterocycles. The number of hydrogen-bond donors (Lipinski definition) is 4. The van der Waals surface area contributed by atoms with Gasteiger partial charge in [0.05, 0.1) is 21.8 Å². The summed E-state index contributed by atoms with van der Waals surface area (Å²) in [4.78, 5) is 22.7. The number of rotatable bonds is 3. The van der Waals surface area contributed by atoms with E-state index < -0.39 is 11.9 Å². The van der Waals surface area contributed by atoms with Crippen LogP contribution in [0.5, 0.6) is 0 Å². The Morgan fingerprint density at radius 2 is 1.52 bits per heavy atom. The van der Waals surface area contributed by atoms with Gasteiger partial charge in [0, 0.05) is 16.8 Å². The van der Waals surface area contributed by atoms with Gasteiger partial charge >= 0.3 is 11.9 Å². The van der Waals surface area contributed by atoms with Crippen LogP contribution >= 0.6 is 11.6 Å². The van der Waals surface area contributed by atoms with Gasteiger partial charge in [-0.3, -0.25) is 0 Å². The van der Waals surface area contributed by atoms with Crippen molar-refractivity contribution in [2.75, 3.05) is 11.5 Å². The largest absolute Gasteiger partial charge is 0.478 e. The van der Waals surface area contributed by atoms with Crippen molar-refractivity contribution in [3.8, 4) is 11.1 Å². The van der Waals surface area contributed by atoms with Gasteiger partial charge < -0.3 is 21.7 Å². The third-order valence-electron chi connectivity index (χ3n) is 2.97. The van der Waals surface area contributed by atoms with Crippen molar-refractivity contribution < 1.29 is 19.8 Å². The maximum Gasteiger partial charge on any atom is 0.336 e. The van der Waals surface area contributed by atoms with E-state index in [4.69, 9.17) is 23.1 Å². The molecular weight excluding hydrogens is 296 g/mol. The first kappa shape index (κ1) is 14.7. The van der Waals surface area contributed by atoms with E-state index in [-0.39, 0.29) is 38.7 Å². The third-order valence-corrected chi connectivity index (χ3v) is 3.30. The van der Waals surface area contributed by atoms with Crippen LogP contribution in [0.2, 0.25) is 5.02 Å². The van der Waals surface area contributed by atoms with Crippen LogP contribution in [0.1, 0.15) is 20.7 Å². The lowest BCUT2D eigenvalue weighted by Gasteiger charge is -2.14. The van der Waals surface area contributed by atoms with Gasteiger partial charge in [0.1, 0.15) is 0 Å². The second kappa shape index (κ2) is 5.34. The number of anilines is 2. The van der Waals surface area contributed by atoms with Crippen LogP contribution in [0.15, 0.2) is 30.3 Å². The topological polar surface area (TPSA) is 127 Å². The summed E-state index contributed by atoms with van der Waals surface area (Å²) in [5.41, 5.74) is 11.7. The van der Waals surface area contributed by atoms with Gasteiger partial charge in [-0.25, -0.2) is 9.59 Å². The first-order valence-electron chi connectivity index (χ1n) is 5.77. The minimum Gasteiger partial charge on any atom is -0.478 e. The number of halogens is 1. The second-order valence-corrected chi connectivity index (χ2v) is 4.71. The van der Waals surface area contributed by atoms with Gasteiger partial charge in [0.15, 0.2) is 0 Å². The summed E-state index contributed by atoms with van der Waals surface area (Å²) in [6, 6.07) is 6.67. The predicted molar refractivity (Wildman–Crippen MR) is 79.6 cm³/mol. The number of carboxylic acid groups (broad SMARTS) is 2. The quantitative estimate of drug-likeness (QED) is 0.645.